The molecule has 0 aliphatic heterocycles. The summed E-state index contributed by atoms with van der Waals surface area (Å²) in [5.41, 5.74) is 0.900. The van der Waals surface area contributed by atoms with Gasteiger partial charge in [0.05, 0.1) is 18.1 Å². The first-order valence-corrected chi connectivity index (χ1v) is 7.63. The van der Waals surface area contributed by atoms with E-state index in [4.69, 9.17) is 0 Å². The van der Waals surface area contributed by atoms with Gasteiger partial charge in [-0.05, 0) is 18.2 Å². The minimum atomic E-state index is -0.267. The first-order valence-electron chi connectivity index (χ1n) is 7.63. The van der Waals surface area contributed by atoms with Crippen LogP contribution < -0.4 is 10.9 Å². The van der Waals surface area contributed by atoms with Gasteiger partial charge in [-0.15, -0.1) is 5.10 Å². The summed E-state index contributed by atoms with van der Waals surface area (Å²) in [6, 6.07) is 10.4. The van der Waals surface area contributed by atoms with Gasteiger partial charge in [-0.25, -0.2) is 9.67 Å². The second kappa shape index (κ2) is 6.11. The average molecular weight is 335 g/mol. The van der Waals surface area contributed by atoms with E-state index in [0.29, 0.717) is 22.4 Å². The highest BCUT2D eigenvalue weighted by Crippen LogP contribution is 2.09. The number of rotatable bonds is 4. The van der Waals surface area contributed by atoms with Crippen molar-refractivity contribution in [3.63, 3.8) is 0 Å². The summed E-state index contributed by atoms with van der Waals surface area (Å²) in [6.45, 7) is 0.135. The Bertz CT molecular complexity index is 1130. The van der Waals surface area contributed by atoms with Crippen molar-refractivity contribution < 1.29 is 4.79 Å². The molecule has 4 aromatic rings. The topological polar surface area (TPSA) is 107 Å². The van der Waals surface area contributed by atoms with Crippen LogP contribution in [0.25, 0.3) is 16.6 Å². The molecule has 1 N–H and O–H groups in total. The summed E-state index contributed by atoms with van der Waals surface area (Å²) in [4.78, 5) is 28.7. The molecule has 1 aromatic carbocycles. The fourth-order valence-corrected chi connectivity index (χ4v) is 2.51. The Morgan fingerprint density at radius 1 is 1.12 bits per heavy atom. The molecule has 0 radical (unpaired) electrons. The van der Waals surface area contributed by atoms with Gasteiger partial charge in [0, 0.05) is 18.7 Å². The first-order chi connectivity index (χ1) is 12.2. The minimum Gasteiger partial charge on any atom is -0.310 e. The Morgan fingerprint density at radius 2 is 2.00 bits per heavy atom. The molecule has 0 aliphatic carbocycles. The lowest BCUT2D eigenvalue weighted by atomic mass is 10.2. The van der Waals surface area contributed by atoms with Crippen LogP contribution in [0, 0.1) is 0 Å². The Labute approximate surface area is 140 Å². The van der Waals surface area contributed by atoms with E-state index in [9.17, 15) is 9.59 Å². The van der Waals surface area contributed by atoms with E-state index < -0.39 is 0 Å². The number of benzene rings is 1. The van der Waals surface area contributed by atoms with Crippen molar-refractivity contribution in [1.29, 1.82) is 0 Å². The number of fused-ring (bicyclic) bond motifs is 2. The highest BCUT2D eigenvalue weighted by Gasteiger charge is 2.10. The molecule has 124 valence electrons. The molecular formula is C16H13N7O2. The smallest absolute Gasteiger partial charge is 0.277 e. The Morgan fingerprint density at radius 3 is 2.92 bits per heavy atom. The summed E-state index contributed by atoms with van der Waals surface area (Å²) < 4.78 is 2.72. The number of aryl methyl sites for hydroxylation is 1. The van der Waals surface area contributed by atoms with Gasteiger partial charge in [0.25, 0.3) is 5.56 Å². The predicted octanol–water partition coefficient (Wildman–Crippen LogP) is 0.863. The largest absolute Gasteiger partial charge is 0.310 e. The minimum absolute atomic E-state index is 0.0814. The number of carbonyl (C=O) groups excluding carboxylic acids is 1. The van der Waals surface area contributed by atoms with Crippen molar-refractivity contribution in [1.82, 2.24) is 29.6 Å². The lowest BCUT2D eigenvalue weighted by molar-refractivity contribution is -0.116. The highest BCUT2D eigenvalue weighted by atomic mass is 16.2. The number of hydrogen-bond acceptors (Lipinski definition) is 6. The third-order valence-electron chi connectivity index (χ3n) is 3.74. The summed E-state index contributed by atoms with van der Waals surface area (Å²) >= 11 is 0. The first kappa shape index (κ1) is 14.9. The van der Waals surface area contributed by atoms with Gasteiger partial charge >= 0.3 is 0 Å². The average Bonchev–Trinajstić information content (AvgIpc) is 3.11. The van der Waals surface area contributed by atoms with E-state index in [1.54, 1.807) is 48.8 Å². The van der Waals surface area contributed by atoms with E-state index in [1.165, 1.54) is 9.20 Å². The maximum atomic E-state index is 12.3. The maximum Gasteiger partial charge on any atom is 0.277 e. The molecule has 0 aliphatic rings. The molecule has 1 amide bonds. The van der Waals surface area contributed by atoms with E-state index in [2.05, 4.69) is 25.7 Å². The van der Waals surface area contributed by atoms with Crippen LogP contribution in [0.4, 0.5) is 5.82 Å². The van der Waals surface area contributed by atoms with E-state index in [-0.39, 0.29) is 24.4 Å². The molecule has 9 heteroatoms. The fraction of sp³-hybridized carbons (Fsp3) is 0.125. The predicted molar refractivity (Wildman–Crippen MR) is 90.0 cm³/mol. The van der Waals surface area contributed by atoms with E-state index in [1.807, 2.05) is 0 Å². The van der Waals surface area contributed by atoms with E-state index in [0.717, 1.165) is 0 Å². The zero-order valence-electron chi connectivity index (χ0n) is 13.0. The standard InChI is InChI=1S/C16H13N7O2/c24-15(19-14-5-8-17-13-6-9-18-23(13)14)7-10-22-16(25)11-3-1-2-4-12(11)20-21-22/h1-6,8-9H,7,10H2,(H,19,24). The SMILES string of the molecule is O=C(CCn1nnc2ccccc2c1=O)Nc1ccnc2ccnn12. The number of anilines is 1. The maximum absolute atomic E-state index is 12.3. The molecule has 0 fully saturated rings. The second-order valence-electron chi connectivity index (χ2n) is 5.36. The molecule has 0 unspecified atom stereocenters. The van der Waals surface area contributed by atoms with Gasteiger partial charge in [0.2, 0.25) is 5.91 Å². The third-order valence-corrected chi connectivity index (χ3v) is 3.74. The van der Waals surface area contributed by atoms with E-state index >= 15 is 0 Å². The van der Waals surface area contributed by atoms with Crippen LogP contribution in [-0.2, 0) is 11.3 Å². The summed E-state index contributed by atoms with van der Waals surface area (Å²) in [6.07, 6.45) is 3.27. The van der Waals surface area contributed by atoms with Crippen LogP contribution in [0.5, 0.6) is 0 Å². The van der Waals surface area contributed by atoms with Crippen LogP contribution in [0.2, 0.25) is 0 Å². The molecule has 0 saturated carbocycles. The highest BCUT2D eigenvalue weighted by molar-refractivity contribution is 5.90. The van der Waals surface area contributed by atoms with Crippen molar-refractivity contribution in [3.05, 3.63) is 59.1 Å². The molecule has 9 nitrogen and oxygen atoms in total. The molecule has 4 rings (SSSR count). The molecule has 0 saturated heterocycles. The number of amides is 1. The van der Waals surface area contributed by atoms with Gasteiger partial charge in [0.15, 0.2) is 5.65 Å². The number of carbonyl (C=O) groups is 1. The molecule has 0 atom stereocenters. The zero-order chi connectivity index (χ0) is 17.2. The monoisotopic (exact) mass is 335 g/mol. The number of nitrogens with zero attached hydrogens (tertiary/aromatic N) is 6. The number of nitrogens with one attached hydrogen (secondary N) is 1. The van der Waals surface area contributed by atoms with Crippen molar-refractivity contribution in [2.75, 3.05) is 5.32 Å². The lowest BCUT2D eigenvalue weighted by Crippen LogP contribution is -2.26. The molecule has 0 bridgehead atoms. The van der Waals surface area contributed by atoms with Crippen molar-refractivity contribution in [2.24, 2.45) is 0 Å². The van der Waals surface area contributed by atoms with Gasteiger partial charge in [-0.3, -0.25) is 9.59 Å². The summed E-state index contributed by atoms with van der Waals surface area (Å²) in [5.74, 6) is 0.252. The van der Waals surface area contributed by atoms with Gasteiger partial charge in [-0.1, -0.05) is 17.3 Å². The van der Waals surface area contributed by atoms with Crippen molar-refractivity contribution in [3.8, 4) is 0 Å². The molecule has 25 heavy (non-hydrogen) atoms. The summed E-state index contributed by atoms with van der Waals surface area (Å²) in [7, 11) is 0. The normalized spacial score (nSPS) is 11.0. The number of hydrogen-bond donors (Lipinski definition) is 1. The van der Waals surface area contributed by atoms with Gasteiger partial charge in [0.1, 0.15) is 11.3 Å². The third kappa shape index (κ3) is 2.82. The van der Waals surface area contributed by atoms with Crippen LogP contribution in [-0.4, -0.2) is 35.5 Å². The summed E-state index contributed by atoms with van der Waals surface area (Å²) in [5, 5.41) is 15.2. The van der Waals surface area contributed by atoms with Crippen molar-refractivity contribution in [2.45, 2.75) is 13.0 Å². The zero-order valence-corrected chi connectivity index (χ0v) is 13.0. The Hall–Kier alpha value is -3.62. The van der Waals surface area contributed by atoms with Crippen molar-refractivity contribution >= 4 is 28.3 Å². The Kier molecular flexibility index (Phi) is 3.65. The number of aromatic nitrogens is 6. The fourth-order valence-electron chi connectivity index (χ4n) is 2.51. The van der Waals surface area contributed by atoms with Crippen LogP contribution in [0.15, 0.2) is 53.6 Å². The quantitative estimate of drug-likeness (QED) is 0.593. The molecule has 0 spiro atoms. The van der Waals surface area contributed by atoms with Crippen LogP contribution >= 0.6 is 0 Å². The van der Waals surface area contributed by atoms with Gasteiger partial charge in [-0.2, -0.15) is 9.61 Å². The molecular weight excluding hydrogens is 322 g/mol. The second-order valence-corrected chi connectivity index (χ2v) is 5.36. The molecule has 3 heterocycles. The van der Waals surface area contributed by atoms with Crippen LogP contribution in [0.1, 0.15) is 6.42 Å². The van der Waals surface area contributed by atoms with Gasteiger partial charge < -0.3 is 5.32 Å². The van der Waals surface area contributed by atoms with Crippen LogP contribution in [0.3, 0.4) is 0 Å². The lowest BCUT2D eigenvalue weighted by Gasteiger charge is -2.07. The molecule has 3 aromatic heterocycles. The Balaban J connectivity index is 1.50.